The van der Waals surface area contributed by atoms with E-state index in [1.807, 2.05) is 0 Å². The lowest BCUT2D eigenvalue weighted by Crippen LogP contribution is -2.07. The van der Waals surface area contributed by atoms with Gasteiger partial charge < -0.3 is 9.73 Å². The van der Waals surface area contributed by atoms with Gasteiger partial charge in [-0.1, -0.05) is 0 Å². The van der Waals surface area contributed by atoms with Gasteiger partial charge >= 0.3 is 0 Å². The van der Waals surface area contributed by atoms with E-state index in [-0.39, 0.29) is 5.82 Å². The SMILES string of the molecule is Fc1ccc2oc([C@H]3CCNC3)nc2c1. The summed E-state index contributed by atoms with van der Waals surface area (Å²) in [5.74, 6) is 0.785. The van der Waals surface area contributed by atoms with Gasteiger partial charge in [-0.15, -0.1) is 0 Å². The third-order valence-electron chi connectivity index (χ3n) is 2.78. The number of rotatable bonds is 1. The third kappa shape index (κ3) is 1.51. The normalized spacial score (nSPS) is 21.3. The van der Waals surface area contributed by atoms with Crippen LogP contribution in [-0.4, -0.2) is 18.1 Å². The summed E-state index contributed by atoms with van der Waals surface area (Å²) in [7, 11) is 0. The van der Waals surface area contributed by atoms with Gasteiger partial charge in [0.1, 0.15) is 11.3 Å². The topological polar surface area (TPSA) is 38.1 Å². The number of fused-ring (bicyclic) bond motifs is 1. The van der Waals surface area contributed by atoms with Gasteiger partial charge in [-0.3, -0.25) is 0 Å². The van der Waals surface area contributed by atoms with E-state index in [1.165, 1.54) is 12.1 Å². The Hall–Kier alpha value is -1.42. The largest absolute Gasteiger partial charge is 0.440 e. The highest BCUT2D eigenvalue weighted by atomic mass is 19.1. The van der Waals surface area contributed by atoms with Crippen LogP contribution in [0.3, 0.4) is 0 Å². The number of hydrogen-bond acceptors (Lipinski definition) is 3. The van der Waals surface area contributed by atoms with Crippen molar-refractivity contribution in [1.29, 1.82) is 0 Å². The Labute approximate surface area is 86.3 Å². The summed E-state index contributed by atoms with van der Waals surface area (Å²) in [6.07, 6.45) is 1.04. The zero-order chi connectivity index (χ0) is 10.3. The molecule has 15 heavy (non-hydrogen) atoms. The summed E-state index contributed by atoms with van der Waals surface area (Å²) in [5, 5.41) is 3.25. The summed E-state index contributed by atoms with van der Waals surface area (Å²) in [5.41, 5.74) is 1.27. The minimum Gasteiger partial charge on any atom is -0.440 e. The van der Waals surface area contributed by atoms with Gasteiger partial charge in [0.05, 0.1) is 0 Å². The lowest BCUT2D eigenvalue weighted by atomic mass is 10.1. The first-order chi connectivity index (χ1) is 7.33. The molecule has 1 saturated heterocycles. The molecule has 1 aliphatic rings. The van der Waals surface area contributed by atoms with Crippen LogP contribution in [0.15, 0.2) is 22.6 Å². The first-order valence-corrected chi connectivity index (χ1v) is 5.09. The van der Waals surface area contributed by atoms with Crippen LogP contribution in [0.25, 0.3) is 11.1 Å². The van der Waals surface area contributed by atoms with Crippen LogP contribution in [-0.2, 0) is 0 Å². The summed E-state index contributed by atoms with van der Waals surface area (Å²) in [6.45, 7) is 1.90. The summed E-state index contributed by atoms with van der Waals surface area (Å²) >= 11 is 0. The second-order valence-corrected chi connectivity index (χ2v) is 3.85. The summed E-state index contributed by atoms with van der Waals surface area (Å²) < 4.78 is 18.5. The highest BCUT2D eigenvalue weighted by molar-refractivity contribution is 5.72. The van der Waals surface area contributed by atoms with Crippen LogP contribution in [0.2, 0.25) is 0 Å². The molecule has 3 rings (SSSR count). The van der Waals surface area contributed by atoms with Gasteiger partial charge in [-0.05, 0) is 25.1 Å². The Bertz CT molecular complexity index is 488. The fraction of sp³-hybridized carbons (Fsp3) is 0.364. The Balaban J connectivity index is 2.05. The number of halogens is 1. The second-order valence-electron chi connectivity index (χ2n) is 3.85. The number of benzene rings is 1. The fourth-order valence-electron chi connectivity index (χ4n) is 1.96. The van der Waals surface area contributed by atoms with E-state index in [2.05, 4.69) is 10.3 Å². The molecular weight excluding hydrogens is 195 g/mol. The van der Waals surface area contributed by atoms with Gasteiger partial charge in [0.25, 0.3) is 0 Å². The highest BCUT2D eigenvalue weighted by Crippen LogP contribution is 2.25. The standard InChI is InChI=1S/C11H11FN2O/c12-8-1-2-10-9(5-8)14-11(15-10)7-3-4-13-6-7/h1-2,5,7,13H,3-4,6H2/t7-/m0/s1. The van der Waals surface area contributed by atoms with E-state index in [0.29, 0.717) is 17.0 Å². The smallest absolute Gasteiger partial charge is 0.199 e. The molecule has 0 saturated carbocycles. The summed E-state index contributed by atoms with van der Waals surface area (Å²) in [6, 6.07) is 4.43. The number of nitrogens with one attached hydrogen (secondary N) is 1. The number of nitrogens with zero attached hydrogens (tertiary/aromatic N) is 1. The molecule has 0 bridgehead atoms. The Morgan fingerprint density at radius 3 is 3.20 bits per heavy atom. The van der Waals surface area contributed by atoms with Crippen molar-refractivity contribution in [3.8, 4) is 0 Å². The van der Waals surface area contributed by atoms with Crippen molar-refractivity contribution in [2.75, 3.05) is 13.1 Å². The van der Waals surface area contributed by atoms with E-state index >= 15 is 0 Å². The second kappa shape index (κ2) is 3.31. The molecule has 1 atom stereocenters. The molecule has 1 aromatic carbocycles. The third-order valence-corrected chi connectivity index (χ3v) is 2.78. The van der Waals surface area contributed by atoms with Crippen molar-refractivity contribution in [2.24, 2.45) is 0 Å². The van der Waals surface area contributed by atoms with Gasteiger partial charge in [-0.2, -0.15) is 0 Å². The van der Waals surface area contributed by atoms with Crippen molar-refractivity contribution in [1.82, 2.24) is 10.3 Å². The predicted octanol–water partition coefficient (Wildman–Crippen LogP) is 2.04. The van der Waals surface area contributed by atoms with Crippen molar-refractivity contribution in [3.63, 3.8) is 0 Å². The van der Waals surface area contributed by atoms with Crippen molar-refractivity contribution in [2.45, 2.75) is 12.3 Å². The molecule has 0 spiro atoms. The molecule has 0 amide bonds. The molecule has 1 N–H and O–H groups in total. The quantitative estimate of drug-likeness (QED) is 0.776. The molecule has 0 aliphatic carbocycles. The molecule has 2 aromatic rings. The molecule has 2 heterocycles. The van der Waals surface area contributed by atoms with Crippen molar-refractivity contribution >= 4 is 11.1 Å². The first kappa shape index (κ1) is 8.85. The van der Waals surface area contributed by atoms with E-state index in [0.717, 1.165) is 25.4 Å². The Kier molecular flexibility index (Phi) is 1.95. The molecule has 3 nitrogen and oxygen atoms in total. The maximum Gasteiger partial charge on any atom is 0.199 e. The van der Waals surface area contributed by atoms with E-state index in [9.17, 15) is 4.39 Å². The maximum absolute atomic E-state index is 12.9. The van der Waals surface area contributed by atoms with Crippen LogP contribution in [0.5, 0.6) is 0 Å². The van der Waals surface area contributed by atoms with E-state index in [1.54, 1.807) is 6.07 Å². The Morgan fingerprint density at radius 2 is 2.40 bits per heavy atom. The van der Waals surface area contributed by atoms with Crippen molar-refractivity contribution in [3.05, 3.63) is 29.9 Å². The van der Waals surface area contributed by atoms with Crippen LogP contribution < -0.4 is 5.32 Å². The maximum atomic E-state index is 12.9. The van der Waals surface area contributed by atoms with Gasteiger partial charge in [0.2, 0.25) is 0 Å². The lowest BCUT2D eigenvalue weighted by Gasteiger charge is -1.99. The molecule has 1 aliphatic heterocycles. The Morgan fingerprint density at radius 1 is 1.47 bits per heavy atom. The van der Waals surface area contributed by atoms with Crippen LogP contribution in [0, 0.1) is 5.82 Å². The number of oxazole rings is 1. The first-order valence-electron chi connectivity index (χ1n) is 5.09. The average molecular weight is 206 g/mol. The molecule has 1 fully saturated rings. The predicted molar refractivity (Wildman–Crippen MR) is 54.2 cm³/mol. The molecule has 4 heteroatoms. The van der Waals surface area contributed by atoms with Crippen LogP contribution in [0.1, 0.15) is 18.2 Å². The van der Waals surface area contributed by atoms with Gasteiger partial charge in [-0.25, -0.2) is 9.37 Å². The van der Waals surface area contributed by atoms with E-state index < -0.39 is 0 Å². The molecular formula is C11H11FN2O. The highest BCUT2D eigenvalue weighted by Gasteiger charge is 2.21. The zero-order valence-electron chi connectivity index (χ0n) is 8.16. The molecule has 0 radical (unpaired) electrons. The van der Waals surface area contributed by atoms with Gasteiger partial charge in [0, 0.05) is 18.5 Å². The molecule has 78 valence electrons. The van der Waals surface area contributed by atoms with Crippen LogP contribution in [0.4, 0.5) is 4.39 Å². The van der Waals surface area contributed by atoms with Crippen LogP contribution >= 0.6 is 0 Å². The summed E-state index contributed by atoms with van der Waals surface area (Å²) in [4.78, 5) is 4.31. The van der Waals surface area contributed by atoms with Crippen molar-refractivity contribution < 1.29 is 8.81 Å². The lowest BCUT2D eigenvalue weighted by molar-refractivity contribution is 0.485. The van der Waals surface area contributed by atoms with Gasteiger partial charge in [0.15, 0.2) is 11.5 Å². The van der Waals surface area contributed by atoms with E-state index in [4.69, 9.17) is 4.42 Å². The monoisotopic (exact) mass is 206 g/mol. The number of aromatic nitrogens is 1. The minimum absolute atomic E-state index is 0.271. The molecule has 0 unspecified atom stereocenters. The average Bonchev–Trinajstić information content (AvgIpc) is 2.84. The minimum atomic E-state index is -0.271. The fourth-order valence-corrected chi connectivity index (χ4v) is 1.96. The molecule has 1 aromatic heterocycles. The number of hydrogen-bond donors (Lipinski definition) is 1. The zero-order valence-corrected chi connectivity index (χ0v) is 8.16.